The summed E-state index contributed by atoms with van der Waals surface area (Å²) in [6.45, 7) is 3.53. The van der Waals surface area contributed by atoms with Crippen molar-refractivity contribution in [2.45, 2.75) is 36.1 Å². The first-order valence-electron chi connectivity index (χ1n) is 9.08. The van der Waals surface area contributed by atoms with Crippen molar-refractivity contribution in [3.8, 4) is 0 Å². The minimum Gasteiger partial charge on any atom is -0.354 e. The highest BCUT2D eigenvalue weighted by Gasteiger charge is 2.29. The maximum absolute atomic E-state index is 13.9. The lowest BCUT2D eigenvalue weighted by molar-refractivity contribution is -0.123. The number of carbonyl (C=O) groups is 1. The summed E-state index contributed by atoms with van der Waals surface area (Å²) in [5.41, 5.74) is 0.760. The van der Waals surface area contributed by atoms with Crippen LogP contribution in [-0.4, -0.2) is 35.3 Å². The first-order chi connectivity index (χ1) is 13.9. The average Bonchev–Trinajstić information content (AvgIpc) is 2.65. The highest BCUT2D eigenvalue weighted by atomic mass is 32.2. The third-order valence-corrected chi connectivity index (χ3v) is 6.73. The molecule has 1 unspecified atom stereocenters. The van der Waals surface area contributed by atoms with Gasteiger partial charge in [-0.3, -0.25) is 4.79 Å². The maximum Gasteiger partial charge on any atom is 0.244 e. The first kappa shape index (κ1) is 23.9. The van der Waals surface area contributed by atoms with E-state index in [1.807, 2.05) is 0 Å². The molecule has 2 aromatic rings. The molecular weight excluding hydrogens is 433 g/mol. The fourth-order valence-corrected chi connectivity index (χ4v) is 4.61. The summed E-state index contributed by atoms with van der Waals surface area (Å²) in [6.07, 6.45) is 0.390. The van der Waals surface area contributed by atoms with Crippen molar-refractivity contribution in [1.29, 1.82) is 0 Å². The molecule has 0 bridgehead atoms. The van der Waals surface area contributed by atoms with E-state index in [0.717, 1.165) is 17.7 Å². The Balaban J connectivity index is 2.01. The second-order valence-electron chi connectivity index (χ2n) is 7.00. The van der Waals surface area contributed by atoms with Crippen molar-refractivity contribution in [2.75, 3.05) is 6.54 Å². The lowest BCUT2D eigenvalue weighted by Crippen LogP contribution is -2.50. The number of hydrogen-bond donors (Lipinski definition) is 3. The Bertz CT molecular complexity index is 1100. The molecule has 164 valence electrons. The molecule has 0 aliphatic rings. The molecule has 1 atom stereocenters. The lowest BCUT2D eigenvalue weighted by Gasteiger charge is -2.22. The van der Waals surface area contributed by atoms with Gasteiger partial charge in [-0.25, -0.2) is 26.4 Å². The van der Waals surface area contributed by atoms with Gasteiger partial charge in [0, 0.05) is 6.54 Å². The van der Waals surface area contributed by atoms with Crippen molar-refractivity contribution in [3.63, 3.8) is 0 Å². The zero-order valence-electron chi connectivity index (χ0n) is 16.5. The number of halogens is 1. The van der Waals surface area contributed by atoms with Gasteiger partial charge in [0.1, 0.15) is 16.8 Å². The third kappa shape index (κ3) is 6.33. The van der Waals surface area contributed by atoms with E-state index in [9.17, 15) is 26.0 Å². The summed E-state index contributed by atoms with van der Waals surface area (Å²) in [5, 5.41) is 7.69. The maximum atomic E-state index is 13.9. The van der Waals surface area contributed by atoms with Crippen LogP contribution in [0.4, 0.5) is 4.39 Å². The van der Waals surface area contributed by atoms with Gasteiger partial charge < -0.3 is 5.32 Å². The fourth-order valence-electron chi connectivity index (χ4n) is 2.67. The summed E-state index contributed by atoms with van der Waals surface area (Å²) >= 11 is 0. The number of nitrogens with two attached hydrogens (primary N) is 1. The van der Waals surface area contributed by atoms with Gasteiger partial charge in [0.25, 0.3) is 0 Å². The molecule has 0 aromatic heterocycles. The average molecular weight is 458 g/mol. The Hall–Kier alpha value is -2.34. The molecule has 2 rings (SSSR count). The molecule has 1 amide bonds. The molecule has 0 saturated carbocycles. The minimum atomic E-state index is -4.23. The van der Waals surface area contributed by atoms with Crippen LogP contribution in [0.15, 0.2) is 58.3 Å². The van der Waals surface area contributed by atoms with Crippen LogP contribution in [0.5, 0.6) is 0 Å². The van der Waals surface area contributed by atoms with Crippen LogP contribution >= 0.6 is 0 Å². The fraction of sp³-hybridized carbons (Fsp3) is 0.316. The van der Waals surface area contributed by atoms with Crippen LogP contribution in [0.25, 0.3) is 0 Å². The Morgan fingerprint density at radius 3 is 2.17 bits per heavy atom. The molecule has 0 spiro atoms. The van der Waals surface area contributed by atoms with Crippen molar-refractivity contribution in [1.82, 2.24) is 10.0 Å². The molecule has 30 heavy (non-hydrogen) atoms. The Morgan fingerprint density at radius 2 is 1.63 bits per heavy atom. The van der Waals surface area contributed by atoms with E-state index in [1.165, 1.54) is 24.3 Å². The van der Waals surface area contributed by atoms with E-state index in [2.05, 4.69) is 10.0 Å². The van der Waals surface area contributed by atoms with E-state index in [1.54, 1.807) is 26.0 Å². The molecule has 0 saturated heterocycles. The van der Waals surface area contributed by atoms with Gasteiger partial charge in [-0.1, -0.05) is 38.1 Å². The van der Waals surface area contributed by atoms with Gasteiger partial charge in [0.05, 0.1) is 4.90 Å². The van der Waals surface area contributed by atoms with Crippen LogP contribution in [0.1, 0.15) is 19.4 Å². The predicted octanol–water partition coefficient (Wildman–Crippen LogP) is 1.13. The predicted molar refractivity (Wildman–Crippen MR) is 110 cm³/mol. The second kappa shape index (κ2) is 9.65. The molecule has 8 nitrogen and oxygen atoms in total. The zero-order valence-corrected chi connectivity index (χ0v) is 18.1. The van der Waals surface area contributed by atoms with Crippen molar-refractivity contribution in [2.24, 2.45) is 11.1 Å². The first-order valence-corrected chi connectivity index (χ1v) is 12.1. The number of sulfonamides is 2. The molecule has 0 fully saturated rings. The van der Waals surface area contributed by atoms with Crippen LogP contribution in [0.3, 0.4) is 0 Å². The van der Waals surface area contributed by atoms with Gasteiger partial charge >= 0.3 is 0 Å². The largest absolute Gasteiger partial charge is 0.354 e. The Kier molecular flexibility index (Phi) is 7.70. The summed E-state index contributed by atoms with van der Waals surface area (Å²) in [7, 11) is -8.01. The number of hydrogen-bond acceptors (Lipinski definition) is 5. The highest BCUT2D eigenvalue weighted by Crippen LogP contribution is 2.15. The summed E-state index contributed by atoms with van der Waals surface area (Å²) < 4.78 is 63.6. The molecule has 0 radical (unpaired) electrons. The standard InChI is InChI=1S/C19H24FN3O5S2/c1-13(2)18(23-30(27,28)17-6-4-3-5-16(17)20)19(24)22-12-11-14-7-9-15(10-8-14)29(21,25)26/h3-10,13,18,23H,11-12H2,1-2H3,(H,22,24)(H2,21,25,26). The van der Waals surface area contributed by atoms with Gasteiger partial charge in [0.2, 0.25) is 26.0 Å². The smallest absolute Gasteiger partial charge is 0.244 e. The van der Waals surface area contributed by atoms with Gasteiger partial charge in [-0.2, -0.15) is 4.72 Å². The number of nitrogens with one attached hydrogen (secondary N) is 2. The van der Waals surface area contributed by atoms with E-state index in [0.29, 0.717) is 6.42 Å². The van der Waals surface area contributed by atoms with E-state index < -0.39 is 42.7 Å². The topological polar surface area (TPSA) is 135 Å². The van der Waals surface area contributed by atoms with E-state index in [-0.39, 0.29) is 17.4 Å². The van der Waals surface area contributed by atoms with E-state index in [4.69, 9.17) is 5.14 Å². The lowest BCUT2D eigenvalue weighted by atomic mass is 10.0. The van der Waals surface area contributed by atoms with Crippen molar-refractivity contribution in [3.05, 3.63) is 59.9 Å². The number of benzene rings is 2. The number of rotatable bonds is 9. The zero-order chi connectivity index (χ0) is 22.5. The van der Waals surface area contributed by atoms with Crippen LogP contribution in [0.2, 0.25) is 0 Å². The molecule has 0 heterocycles. The number of amides is 1. The molecule has 2 aromatic carbocycles. The second-order valence-corrected chi connectivity index (χ2v) is 10.2. The monoisotopic (exact) mass is 457 g/mol. The van der Waals surface area contributed by atoms with Crippen molar-refractivity contribution < 1.29 is 26.0 Å². The molecule has 4 N–H and O–H groups in total. The van der Waals surface area contributed by atoms with Crippen LogP contribution < -0.4 is 15.2 Å². The highest BCUT2D eigenvalue weighted by molar-refractivity contribution is 7.89. The molecule has 11 heteroatoms. The summed E-state index contributed by atoms with van der Waals surface area (Å²) in [5.74, 6) is -1.84. The molecule has 0 aliphatic heterocycles. The van der Waals surface area contributed by atoms with Crippen LogP contribution in [0, 0.1) is 11.7 Å². The number of carbonyl (C=O) groups excluding carboxylic acids is 1. The normalized spacial score (nSPS) is 13.2. The van der Waals surface area contributed by atoms with Gasteiger partial charge in [-0.15, -0.1) is 0 Å². The van der Waals surface area contributed by atoms with Crippen LogP contribution in [-0.2, 0) is 31.3 Å². The Morgan fingerprint density at radius 1 is 1.03 bits per heavy atom. The molecule has 0 aliphatic carbocycles. The quantitative estimate of drug-likeness (QED) is 0.519. The van der Waals surface area contributed by atoms with Gasteiger partial charge in [-0.05, 0) is 42.2 Å². The number of primary sulfonamides is 1. The SMILES string of the molecule is CC(C)C(NS(=O)(=O)c1ccccc1F)C(=O)NCCc1ccc(S(N)(=O)=O)cc1. The minimum absolute atomic E-state index is 0.0160. The third-order valence-electron chi connectivity index (χ3n) is 4.32. The molecular formula is C19H24FN3O5S2. The van der Waals surface area contributed by atoms with E-state index >= 15 is 0 Å². The van der Waals surface area contributed by atoms with Crippen molar-refractivity contribution >= 4 is 26.0 Å². The summed E-state index contributed by atoms with van der Waals surface area (Å²) in [6, 6.07) is 9.70. The Labute approximate surface area is 175 Å². The summed E-state index contributed by atoms with van der Waals surface area (Å²) in [4.78, 5) is 12.0. The van der Waals surface area contributed by atoms with Gasteiger partial charge in [0.15, 0.2) is 0 Å².